The molecule has 0 unspecified atom stereocenters. The molecule has 0 bridgehead atoms. The fourth-order valence-corrected chi connectivity index (χ4v) is 4.30. The molecule has 0 saturated heterocycles. The molecule has 2 heterocycles. The molecule has 0 fully saturated rings. The third-order valence-electron chi connectivity index (χ3n) is 6.80. The third-order valence-corrected chi connectivity index (χ3v) is 6.80. The Hall–Kier alpha value is -4.88. The van der Waals surface area contributed by atoms with Crippen LogP contribution in [-0.2, 0) is 44.3 Å². The number of nitrogens with one attached hydrogen (secondary N) is 2. The summed E-state index contributed by atoms with van der Waals surface area (Å²) in [5, 5.41) is 24.9. The first-order valence-corrected chi connectivity index (χ1v) is 14.3. The molecule has 0 saturated carbocycles. The van der Waals surface area contributed by atoms with Crippen LogP contribution in [-0.4, -0.2) is 41.1 Å². The number of halogens is 2. The van der Waals surface area contributed by atoms with Crippen molar-refractivity contribution in [2.45, 2.75) is 52.6 Å². The average Bonchev–Trinajstić information content (AvgIpc) is 3.02. The number of rotatable bonds is 8. The largest absolute Gasteiger partial charge is 0.501 e. The zero-order chi connectivity index (χ0) is 34.3. The van der Waals surface area contributed by atoms with E-state index in [4.69, 9.17) is 0 Å². The van der Waals surface area contributed by atoms with Crippen molar-refractivity contribution in [3.8, 4) is 11.5 Å². The van der Waals surface area contributed by atoms with E-state index in [1.54, 1.807) is 0 Å². The fraction of sp³-hybridized carbons (Fsp3) is 0.312. The summed E-state index contributed by atoms with van der Waals surface area (Å²) in [5.74, 6) is -2.80. The van der Waals surface area contributed by atoms with Crippen molar-refractivity contribution in [3.05, 3.63) is 115 Å². The molecule has 4 rings (SSSR count). The van der Waals surface area contributed by atoms with Gasteiger partial charge in [0.15, 0.2) is 11.4 Å². The zero-order valence-corrected chi connectivity index (χ0v) is 27.8. The Bertz CT molecular complexity index is 1710. The number of hydrogen-bond acceptors (Lipinski definition) is 8. The molecule has 2 amide bonds. The second kappa shape index (κ2) is 16.6. The topological polar surface area (TPSA) is 168 Å². The first-order valence-electron chi connectivity index (χ1n) is 14.3. The maximum absolute atomic E-state index is 12.8. The Morgan fingerprint density at radius 3 is 1.26 bits per heavy atom. The molecule has 0 aliphatic heterocycles. The molecular formula is C32H36F2MnN6O6. The van der Waals surface area contributed by atoms with Gasteiger partial charge in [-0.2, -0.15) is 0 Å². The number of aromatic hydroxyl groups is 2. The predicted molar refractivity (Wildman–Crippen MR) is 166 cm³/mol. The summed E-state index contributed by atoms with van der Waals surface area (Å²) in [7, 11) is 2.98. The molecule has 2 aromatic heterocycles. The summed E-state index contributed by atoms with van der Waals surface area (Å²) >= 11 is 0. The van der Waals surface area contributed by atoms with E-state index in [0.717, 1.165) is 0 Å². The number of carbonyl (C=O) groups excluding carboxylic acids is 2. The zero-order valence-electron chi connectivity index (χ0n) is 26.6. The van der Waals surface area contributed by atoms with Crippen molar-refractivity contribution in [1.82, 2.24) is 29.7 Å². The van der Waals surface area contributed by atoms with Gasteiger partial charge in [-0.1, -0.05) is 52.0 Å². The number of benzene rings is 2. The number of nitrogens with zero attached hydrogens (tertiary/aromatic N) is 4. The van der Waals surface area contributed by atoms with Crippen LogP contribution < -0.4 is 21.8 Å². The second-order valence-corrected chi connectivity index (χ2v) is 11.0. The van der Waals surface area contributed by atoms with Gasteiger partial charge < -0.3 is 20.8 Å². The quantitative estimate of drug-likeness (QED) is 0.204. The maximum atomic E-state index is 12.8. The van der Waals surface area contributed by atoms with Crippen molar-refractivity contribution in [1.29, 1.82) is 0 Å². The summed E-state index contributed by atoms with van der Waals surface area (Å²) in [5.41, 5.74) is -0.580. The normalized spacial score (nSPS) is 10.6. The molecule has 0 aliphatic carbocycles. The van der Waals surface area contributed by atoms with Crippen molar-refractivity contribution >= 4 is 11.8 Å². The SMILES string of the molecule is CC(C)c1nc(C(=O)NCc2ccc(F)cc2)c(O)c(=O)n1C.CC(C)c1nc(C(=O)NCc2ccc(F)cc2)c(O)c(=O)n1C.[Mn]. The van der Waals surface area contributed by atoms with Crippen molar-refractivity contribution in [3.63, 3.8) is 0 Å². The van der Waals surface area contributed by atoms with Crippen molar-refractivity contribution < 1.29 is 45.7 Å². The summed E-state index contributed by atoms with van der Waals surface area (Å²) in [6, 6.07) is 11.3. The van der Waals surface area contributed by atoms with Crippen LogP contribution in [0.3, 0.4) is 0 Å². The van der Waals surface area contributed by atoms with Crippen LogP contribution >= 0.6 is 0 Å². The summed E-state index contributed by atoms with van der Waals surface area (Å²) in [6.45, 7) is 7.59. The Labute approximate surface area is 280 Å². The second-order valence-electron chi connectivity index (χ2n) is 11.0. The van der Waals surface area contributed by atoms with Gasteiger partial charge in [-0.15, -0.1) is 0 Å². The molecule has 4 N–H and O–H groups in total. The van der Waals surface area contributed by atoms with Crippen LogP contribution in [0.1, 0.15) is 83.3 Å². The van der Waals surface area contributed by atoms with Crippen molar-refractivity contribution in [2.24, 2.45) is 14.1 Å². The molecule has 0 aliphatic rings. The standard InChI is InChI=1S/2C16H18FN3O3.Mn/c2*1-9(2)14-19-12(13(21)16(23)20(14)3)15(22)18-8-10-4-6-11(17)7-5-10;/h2*4-7,9,21H,8H2,1-3H3,(H,18,22);. The summed E-state index contributed by atoms with van der Waals surface area (Å²) in [4.78, 5) is 56.5. The molecule has 12 nitrogen and oxygen atoms in total. The molecule has 251 valence electrons. The molecule has 0 atom stereocenters. The monoisotopic (exact) mass is 693 g/mol. The van der Waals surface area contributed by atoms with E-state index < -0.39 is 34.4 Å². The number of aromatic nitrogens is 4. The van der Waals surface area contributed by atoms with Gasteiger partial charge in [-0.3, -0.25) is 28.3 Å². The Morgan fingerprint density at radius 1 is 0.681 bits per heavy atom. The maximum Gasteiger partial charge on any atom is 0.296 e. The van der Waals surface area contributed by atoms with Crippen LogP contribution in [0.5, 0.6) is 11.5 Å². The summed E-state index contributed by atoms with van der Waals surface area (Å²) < 4.78 is 28.1. The van der Waals surface area contributed by atoms with E-state index in [1.807, 2.05) is 27.7 Å². The molecule has 1 radical (unpaired) electrons. The summed E-state index contributed by atoms with van der Waals surface area (Å²) in [6.07, 6.45) is 0. The first-order chi connectivity index (χ1) is 21.6. The van der Waals surface area contributed by atoms with Crippen molar-refractivity contribution in [2.75, 3.05) is 0 Å². The van der Waals surface area contributed by atoms with Gasteiger partial charge in [-0.05, 0) is 35.4 Å². The van der Waals surface area contributed by atoms with E-state index in [-0.39, 0.29) is 65.0 Å². The molecule has 15 heteroatoms. The Kier molecular flexibility index (Phi) is 13.5. The molecule has 0 spiro atoms. The van der Waals surface area contributed by atoms with Gasteiger partial charge in [-0.25, -0.2) is 18.7 Å². The minimum atomic E-state index is -0.687. The van der Waals surface area contributed by atoms with E-state index in [1.165, 1.54) is 71.8 Å². The van der Waals surface area contributed by atoms with E-state index in [0.29, 0.717) is 22.8 Å². The van der Waals surface area contributed by atoms with Crippen LogP contribution in [0, 0.1) is 11.6 Å². The van der Waals surface area contributed by atoms with Gasteiger partial charge in [0.25, 0.3) is 22.9 Å². The van der Waals surface area contributed by atoms with E-state index in [9.17, 15) is 38.2 Å². The number of hydrogen-bond donors (Lipinski definition) is 4. The average molecular weight is 694 g/mol. The van der Waals surface area contributed by atoms with E-state index >= 15 is 0 Å². The van der Waals surface area contributed by atoms with Crippen LogP contribution in [0.15, 0.2) is 58.1 Å². The van der Waals surface area contributed by atoms with Crippen LogP contribution in [0.2, 0.25) is 0 Å². The van der Waals surface area contributed by atoms with Gasteiger partial charge in [0.1, 0.15) is 23.3 Å². The molecule has 2 aromatic carbocycles. The number of amides is 2. The minimum absolute atomic E-state index is 0. The minimum Gasteiger partial charge on any atom is -0.501 e. The molecule has 47 heavy (non-hydrogen) atoms. The van der Waals surface area contributed by atoms with Gasteiger partial charge in [0.2, 0.25) is 11.5 Å². The Morgan fingerprint density at radius 2 is 0.979 bits per heavy atom. The molecule has 4 aromatic rings. The first kappa shape index (κ1) is 38.3. The molecular weight excluding hydrogens is 657 g/mol. The van der Waals surface area contributed by atoms with E-state index in [2.05, 4.69) is 20.6 Å². The van der Waals surface area contributed by atoms with Gasteiger partial charge in [0.05, 0.1) is 0 Å². The smallest absolute Gasteiger partial charge is 0.296 e. The van der Waals surface area contributed by atoms with Gasteiger partial charge >= 0.3 is 0 Å². The van der Waals surface area contributed by atoms with Crippen LogP contribution in [0.25, 0.3) is 0 Å². The fourth-order valence-electron chi connectivity index (χ4n) is 4.30. The Balaban J connectivity index is 0.000000320. The van der Waals surface area contributed by atoms with Gasteiger partial charge in [0, 0.05) is 56.1 Å². The predicted octanol–water partition coefficient (Wildman–Crippen LogP) is 3.35. The van der Waals surface area contributed by atoms with Crippen LogP contribution in [0.4, 0.5) is 8.78 Å². The number of carbonyl (C=O) groups is 2. The third kappa shape index (κ3) is 9.56.